The Morgan fingerprint density at radius 1 is 0.280 bits per heavy atom. The molecule has 6 heteroatoms. The van der Waals surface area contributed by atoms with Crippen molar-refractivity contribution in [2.45, 2.75) is 322 Å². The van der Waals surface area contributed by atoms with Crippen LogP contribution < -0.4 is 0 Å². The van der Waals surface area contributed by atoms with E-state index in [4.69, 9.17) is 14.2 Å². The van der Waals surface area contributed by atoms with Crippen molar-refractivity contribution < 1.29 is 28.6 Å². The highest BCUT2D eigenvalue weighted by atomic mass is 16.6. The minimum Gasteiger partial charge on any atom is -0.462 e. The lowest BCUT2D eigenvalue weighted by Gasteiger charge is -2.18. The van der Waals surface area contributed by atoms with Crippen molar-refractivity contribution >= 4 is 17.9 Å². The Balaban J connectivity index is 4.32. The van der Waals surface area contributed by atoms with Gasteiger partial charge in [0.2, 0.25) is 0 Å². The predicted octanol–water partition coefficient (Wildman–Crippen LogP) is 21.9. The van der Waals surface area contributed by atoms with E-state index in [1.54, 1.807) is 0 Å². The smallest absolute Gasteiger partial charge is 0.306 e. The lowest BCUT2D eigenvalue weighted by Crippen LogP contribution is -2.30. The van der Waals surface area contributed by atoms with Crippen LogP contribution in [0.25, 0.3) is 0 Å². The molecule has 0 radical (unpaired) electrons. The summed E-state index contributed by atoms with van der Waals surface area (Å²) >= 11 is 0. The monoisotopic (exact) mass is 1040 g/mol. The second-order valence-electron chi connectivity index (χ2n) is 21.3. The fraction of sp³-hybridized carbons (Fsp3) is 0.754. The number of rotatable bonds is 58. The molecule has 0 N–H and O–H groups in total. The molecule has 0 aliphatic heterocycles. The molecule has 0 bridgehead atoms. The van der Waals surface area contributed by atoms with E-state index in [1.165, 1.54) is 167 Å². The number of hydrogen-bond acceptors (Lipinski definition) is 6. The van der Waals surface area contributed by atoms with Crippen LogP contribution in [0.4, 0.5) is 0 Å². The van der Waals surface area contributed by atoms with Gasteiger partial charge in [-0.25, -0.2) is 0 Å². The first kappa shape index (κ1) is 71.6. The molecule has 1 atom stereocenters. The van der Waals surface area contributed by atoms with Crippen LogP contribution in [0.15, 0.2) is 85.1 Å². The zero-order valence-electron chi connectivity index (χ0n) is 49.6. The Labute approximate surface area is 465 Å². The Kier molecular flexibility index (Phi) is 60.3. The molecule has 0 saturated carbocycles. The number of allylic oxidation sites excluding steroid dienone is 14. The number of carbonyl (C=O) groups is 3. The SMILES string of the molecule is CC/C=C\C/C=C\C/C=C\C/C=C\CCCCCCCCCCCCCCC(=O)OCC(COC(=O)CCCCCCCCCCCCCCCCC)OC(=O)CCCCCCCCC/C=C\C/C=C\C/C=C\CC. The summed E-state index contributed by atoms with van der Waals surface area (Å²) in [6, 6.07) is 0. The highest BCUT2D eigenvalue weighted by Gasteiger charge is 2.19. The van der Waals surface area contributed by atoms with Crippen molar-refractivity contribution in [3.63, 3.8) is 0 Å². The quantitative estimate of drug-likeness (QED) is 0.0261. The van der Waals surface area contributed by atoms with Crippen molar-refractivity contribution in [1.29, 1.82) is 0 Å². The maximum absolute atomic E-state index is 12.9. The summed E-state index contributed by atoms with van der Waals surface area (Å²) in [4.78, 5) is 38.3. The molecule has 1 unspecified atom stereocenters. The van der Waals surface area contributed by atoms with Crippen LogP contribution in [0.1, 0.15) is 316 Å². The van der Waals surface area contributed by atoms with E-state index in [2.05, 4.69) is 106 Å². The van der Waals surface area contributed by atoms with Crippen molar-refractivity contribution in [3.8, 4) is 0 Å². The fourth-order valence-electron chi connectivity index (χ4n) is 9.16. The Bertz CT molecular complexity index is 1430. The summed E-state index contributed by atoms with van der Waals surface area (Å²) in [6.07, 6.45) is 83.0. The first-order valence-electron chi connectivity index (χ1n) is 32.1. The minimum absolute atomic E-state index is 0.0776. The molecule has 0 aromatic heterocycles. The summed E-state index contributed by atoms with van der Waals surface area (Å²) in [5.74, 6) is -0.875. The van der Waals surface area contributed by atoms with Gasteiger partial charge in [-0.15, -0.1) is 0 Å². The third-order valence-electron chi connectivity index (χ3n) is 13.9. The molecule has 0 amide bonds. The summed E-state index contributed by atoms with van der Waals surface area (Å²) in [6.45, 7) is 6.45. The highest BCUT2D eigenvalue weighted by Crippen LogP contribution is 2.17. The molecule has 0 aromatic rings. The van der Waals surface area contributed by atoms with Gasteiger partial charge in [0.05, 0.1) is 0 Å². The molecule has 6 nitrogen and oxygen atoms in total. The van der Waals surface area contributed by atoms with Crippen LogP contribution in [0.2, 0.25) is 0 Å². The molecule has 0 aliphatic rings. The van der Waals surface area contributed by atoms with E-state index < -0.39 is 6.10 Å². The molecule has 0 rings (SSSR count). The standard InChI is InChI=1S/C69H120O6/c1-4-7-10-13-16-19-22-25-28-30-31-32-33-34-35-36-37-39-41-44-47-50-53-56-59-62-68(71)74-65-66(64-73-67(70)61-58-55-52-49-46-43-40-27-24-21-18-15-12-9-6-3)75-69(72)63-60-57-54-51-48-45-42-38-29-26-23-20-17-14-11-8-5-2/h7-8,10-11,16-17,19-20,25-26,28-29,31-32,66H,4-6,9,12-15,18,21-24,27,30,33-65H2,1-3H3/b10-7-,11-8-,19-16-,20-17-,28-25-,29-26-,32-31-. The van der Waals surface area contributed by atoms with Gasteiger partial charge < -0.3 is 14.2 Å². The molecular weight excluding hydrogens is 925 g/mol. The maximum atomic E-state index is 12.9. The van der Waals surface area contributed by atoms with Crippen molar-refractivity contribution in [2.75, 3.05) is 13.2 Å². The highest BCUT2D eigenvalue weighted by molar-refractivity contribution is 5.71. The van der Waals surface area contributed by atoms with Crippen LogP contribution in [0.5, 0.6) is 0 Å². The molecule has 0 aliphatic carbocycles. The summed E-state index contributed by atoms with van der Waals surface area (Å²) in [5, 5.41) is 0. The van der Waals surface area contributed by atoms with Gasteiger partial charge in [-0.3, -0.25) is 14.4 Å². The number of hydrogen-bond donors (Lipinski definition) is 0. The predicted molar refractivity (Wildman–Crippen MR) is 325 cm³/mol. The molecule has 432 valence electrons. The lowest BCUT2D eigenvalue weighted by atomic mass is 10.0. The largest absolute Gasteiger partial charge is 0.462 e. The Hall–Kier alpha value is -3.41. The molecule has 0 spiro atoms. The van der Waals surface area contributed by atoms with Gasteiger partial charge in [-0.05, 0) is 89.9 Å². The van der Waals surface area contributed by atoms with E-state index >= 15 is 0 Å². The minimum atomic E-state index is -0.782. The van der Waals surface area contributed by atoms with Crippen LogP contribution in [0, 0.1) is 0 Å². The third kappa shape index (κ3) is 61.3. The van der Waals surface area contributed by atoms with Crippen LogP contribution in [0.3, 0.4) is 0 Å². The summed E-state index contributed by atoms with van der Waals surface area (Å²) in [7, 11) is 0. The van der Waals surface area contributed by atoms with E-state index in [0.717, 1.165) is 109 Å². The molecular formula is C69H120O6. The van der Waals surface area contributed by atoms with Gasteiger partial charge in [0, 0.05) is 19.3 Å². The van der Waals surface area contributed by atoms with E-state index in [9.17, 15) is 14.4 Å². The average molecular weight is 1050 g/mol. The van der Waals surface area contributed by atoms with E-state index in [0.29, 0.717) is 19.3 Å². The van der Waals surface area contributed by atoms with Gasteiger partial charge in [-0.2, -0.15) is 0 Å². The first-order chi connectivity index (χ1) is 37.0. The molecule has 0 fully saturated rings. The molecule has 75 heavy (non-hydrogen) atoms. The van der Waals surface area contributed by atoms with E-state index in [-0.39, 0.29) is 31.1 Å². The second kappa shape index (κ2) is 63.1. The number of carbonyl (C=O) groups excluding carboxylic acids is 3. The van der Waals surface area contributed by atoms with Crippen molar-refractivity contribution in [3.05, 3.63) is 85.1 Å². The fourth-order valence-corrected chi connectivity index (χ4v) is 9.16. The number of unbranched alkanes of at least 4 members (excludes halogenated alkanes) is 33. The average Bonchev–Trinajstić information content (AvgIpc) is 3.41. The second-order valence-corrected chi connectivity index (χ2v) is 21.3. The third-order valence-corrected chi connectivity index (χ3v) is 13.9. The van der Waals surface area contributed by atoms with Crippen molar-refractivity contribution in [2.24, 2.45) is 0 Å². The normalized spacial score (nSPS) is 12.6. The number of esters is 3. The van der Waals surface area contributed by atoms with Crippen molar-refractivity contribution in [1.82, 2.24) is 0 Å². The first-order valence-corrected chi connectivity index (χ1v) is 32.1. The molecule has 0 aromatic carbocycles. The van der Waals surface area contributed by atoms with Crippen LogP contribution in [-0.4, -0.2) is 37.2 Å². The van der Waals surface area contributed by atoms with Crippen LogP contribution >= 0.6 is 0 Å². The summed E-state index contributed by atoms with van der Waals surface area (Å²) in [5.41, 5.74) is 0. The molecule has 0 heterocycles. The van der Waals surface area contributed by atoms with E-state index in [1.807, 2.05) is 0 Å². The molecule has 0 saturated heterocycles. The lowest BCUT2D eigenvalue weighted by molar-refractivity contribution is -0.167. The topological polar surface area (TPSA) is 78.9 Å². The van der Waals surface area contributed by atoms with Gasteiger partial charge in [-0.1, -0.05) is 292 Å². The summed E-state index contributed by atoms with van der Waals surface area (Å²) < 4.78 is 16.9. The van der Waals surface area contributed by atoms with Gasteiger partial charge in [0.25, 0.3) is 0 Å². The zero-order chi connectivity index (χ0) is 54.3. The van der Waals surface area contributed by atoms with Gasteiger partial charge >= 0.3 is 17.9 Å². The Morgan fingerprint density at radius 2 is 0.520 bits per heavy atom. The Morgan fingerprint density at radius 3 is 0.813 bits per heavy atom. The van der Waals surface area contributed by atoms with Crippen LogP contribution in [-0.2, 0) is 28.6 Å². The number of ether oxygens (including phenoxy) is 3. The maximum Gasteiger partial charge on any atom is 0.306 e. The van der Waals surface area contributed by atoms with Gasteiger partial charge in [0.1, 0.15) is 13.2 Å². The zero-order valence-corrected chi connectivity index (χ0v) is 49.6. The van der Waals surface area contributed by atoms with Gasteiger partial charge in [0.15, 0.2) is 6.10 Å².